The predicted molar refractivity (Wildman–Crippen MR) is 107 cm³/mol. The number of aliphatic hydroxyl groups is 1. The number of benzene rings is 2. The smallest absolute Gasteiger partial charge is 0.0946 e. The second kappa shape index (κ2) is 7.17. The Morgan fingerprint density at radius 3 is 1.96 bits per heavy atom. The quantitative estimate of drug-likeness (QED) is 0.836. The highest BCUT2D eigenvalue weighted by molar-refractivity contribution is 5.28. The van der Waals surface area contributed by atoms with E-state index in [1.54, 1.807) is 0 Å². The van der Waals surface area contributed by atoms with E-state index in [1.165, 1.54) is 37.7 Å². The first-order valence-electron chi connectivity index (χ1n) is 10.2. The zero-order chi connectivity index (χ0) is 18.0. The lowest BCUT2D eigenvalue weighted by molar-refractivity contribution is -0.104. The van der Waals surface area contributed by atoms with Crippen molar-refractivity contribution in [2.75, 3.05) is 13.1 Å². The summed E-state index contributed by atoms with van der Waals surface area (Å²) in [6.45, 7) is 4.14. The van der Waals surface area contributed by atoms with E-state index >= 15 is 0 Å². The van der Waals surface area contributed by atoms with Crippen LogP contribution in [0.15, 0.2) is 60.7 Å². The first kappa shape index (κ1) is 17.8. The molecule has 0 bridgehead atoms. The Morgan fingerprint density at radius 1 is 0.808 bits per heavy atom. The summed E-state index contributed by atoms with van der Waals surface area (Å²) < 4.78 is 0. The molecule has 2 nitrogen and oxygen atoms in total. The van der Waals surface area contributed by atoms with E-state index in [2.05, 4.69) is 54.3 Å². The van der Waals surface area contributed by atoms with Crippen LogP contribution in [0, 0.1) is 5.92 Å². The standard InChI is InChI=1S/C24H31NO/c1-20-19-25(18-17-24(20,26)22-13-7-3-8-14-22)23(15-9-4-10-16-23)21-11-5-2-6-12-21/h2-3,5-8,11-14,20,26H,4,9-10,15-19H2,1H3/t20-,24-/m1/s1. The number of nitrogens with zero attached hydrogens (tertiary/aromatic N) is 1. The van der Waals surface area contributed by atoms with Gasteiger partial charge < -0.3 is 5.11 Å². The van der Waals surface area contributed by atoms with Crippen molar-refractivity contribution in [2.24, 2.45) is 5.92 Å². The average molecular weight is 350 g/mol. The SMILES string of the molecule is C[C@@H]1CN(C2(c3ccccc3)CCCCC2)CC[C@]1(O)c1ccccc1. The van der Waals surface area contributed by atoms with Gasteiger partial charge in [0.15, 0.2) is 0 Å². The van der Waals surface area contributed by atoms with Gasteiger partial charge in [-0.05, 0) is 30.4 Å². The van der Waals surface area contributed by atoms with E-state index in [0.29, 0.717) is 0 Å². The molecule has 26 heavy (non-hydrogen) atoms. The lowest BCUT2D eigenvalue weighted by atomic mass is 9.71. The molecule has 1 heterocycles. The summed E-state index contributed by atoms with van der Waals surface area (Å²) in [6, 6.07) is 21.4. The lowest BCUT2D eigenvalue weighted by Crippen LogP contribution is -2.57. The van der Waals surface area contributed by atoms with Crippen LogP contribution in [-0.2, 0) is 11.1 Å². The molecule has 2 aromatic rings. The van der Waals surface area contributed by atoms with Crippen LogP contribution in [0.5, 0.6) is 0 Å². The van der Waals surface area contributed by atoms with Crippen LogP contribution < -0.4 is 0 Å². The van der Waals surface area contributed by atoms with Crippen LogP contribution in [0.1, 0.15) is 56.6 Å². The Bertz CT molecular complexity index is 708. The lowest BCUT2D eigenvalue weighted by Gasteiger charge is -2.53. The number of hydrogen-bond donors (Lipinski definition) is 1. The maximum atomic E-state index is 11.5. The molecule has 1 saturated carbocycles. The van der Waals surface area contributed by atoms with Crippen LogP contribution in [0.25, 0.3) is 0 Å². The first-order valence-corrected chi connectivity index (χ1v) is 10.2. The van der Waals surface area contributed by atoms with Gasteiger partial charge in [-0.15, -0.1) is 0 Å². The van der Waals surface area contributed by atoms with Gasteiger partial charge in [0, 0.05) is 24.5 Å². The van der Waals surface area contributed by atoms with Gasteiger partial charge in [-0.25, -0.2) is 0 Å². The van der Waals surface area contributed by atoms with Crippen molar-refractivity contribution in [3.8, 4) is 0 Å². The minimum absolute atomic E-state index is 0.159. The molecule has 2 fully saturated rings. The Labute approximate surface area is 157 Å². The minimum Gasteiger partial charge on any atom is -0.385 e. The molecule has 0 radical (unpaired) electrons. The average Bonchev–Trinajstić information content (AvgIpc) is 2.72. The zero-order valence-corrected chi connectivity index (χ0v) is 15.9. The molecular formula is C24H31NO. The Hall–Kier alpha value is -1.64. The van der Waals surface area contributed by atoms with Crippen LogP contribution in [0.3, 0.4) is 0 Å². The molecule has 138 valence electrons. The highest BCUT2D eigenvalue weighted by Gasteiger charge is 2.47. The monoisotopic (exact) mass is 349 g/mol. The van der Waals surface area contributed by atoms with Crippen molar-refractivity contribution < 1.29 is 5.11 Å². The Morgan fingerprint density at radius 2 is 1.38 bits per heavy atom. The number of piperidine rings is 1. The zero-order valence-electron chi connectivity index (χ0n) is 15.9. The molecular weight excluding hydrogens is 318 g/mol. The van der Waals surface area contributed by atoms with Crippen molar-refractivity contribution in [3.63, 3.8) is 0 Å². The van der Waals surface area contributed by atoms with E-state index in [-0.39, 0.29) is 11.5 Å². The molecule has 0 unspecified atom stereocenters. The van der Waals surface area contributed by atoms with Crippen LogP contribution >= 0.6 is 0 Å². The van der Waals surface area contributed by atoms with Gasteiger partial charge in [0.25, 0.3) is 0 Å². The molecule has 0 spiro atoms. The van der Waals surface area contributed by atoms with E-state index in [4.69, 9.17) is 0 Å². The van der Waals surface area contributed by atoms with Gasteiger partial charge in [-0.2, -0.15) is 0 Å². The summed E-state index contributed by atoms with van der Waals surface area (Å²) in [5, 5.41) is 11.5. The largest absolute Gasteiger partial charge is 0.385 e. The summed E-state index contributed by atoms with van der Waals surface area (Å²) in [4.78, 5) is 2.70. The fourth-order valence-electron chi connectivity index (χ4n) is 5.34. The topological polar surface area (TPSA) is 23.5 Å². The van der Waals surface area contributed by atoms with Crippen LogP contribution in [0.4, 0.5) is 0 Å². The highest BCUT2D eigenvalue weighted by Crippen LogP contribution is 2.47. The summed E-state index contributed by atoms with van der Waals surface area (Å²) in [6.07, 6.45) is 7.27. The normalized spacial score (nSPS) is 29.4. The first-order chi connectivity index (χ1) is 12.7. The van der Waals surface area contributed by atoms with Gasteiger partial charge in [0.05, 0.1) is 5.60 Å². The Balaban J connectivity index is 1.62. The predicted octanol–water partition coefficient (Wildman–Crippen LogP) is 5.08. The molecule has 4 rings (SSSR count). The summed E-state index contributed by atoms with van der Waals surface area (Å²) in [5.41, 5.74) is 2.00. The van der Waals surface area contributed by atoms with E-state index in [1.807, 2.05) is 18.2 Å². The molecule has 0 amide bonds. The van der Waals surface area contributed by atoms with Gasteiger partial charge in [-0.3, -0.25) is 4.90 Å². The second-order valence-electron chi connectivity index (χ2n) is 8.35. The fourth-order valence-corrected chi connectivity index (χ4v) is 5.34. The van der Waals surface area contributed by atoms with E-state index < -0.39 is 5.60 Å². The maximum absolute atomic E-state index is 11.5. The van der Waals surface area contributed by atoms with Gasteiger partial charge in [0.1, 0.15) is 0 Å². The fraction of sp³-hybridized carbons (Fsp3) is 0.500. The minimum atomic E-state index is -0.704. The third-order valence-corrected chi connectivity index (χ3v) is 6.94. The molecule has 1 aliphatic carbocycles. The van der Waals surface area contributed by atoms with E-state index in [0.717, 1.165) is 25.1 Å². The summed E-state index contributed by atoms with van der Waals surface area (Å²) in [7, 11) is 0. The van der Waals surface area contributed by atoms with Gasteiger partial charge in [-0.1, -0.05) is 86.8 Å². The molecule has 1 saturated heterocycles. The van der Waals surface area contributed by atoms with Crippen LogP contribution in [-0.4, -0.2) is 23.1 Å². The van der Waals surface area contributed by atoms with Crippen molar-refractivity contribution in [1.82, 2.24) is 4.90 Å². The second-order valence-corrected chi connectivity index (χ2v) is 8.35. The molecule has 0 aromatic heterocycles. The molecule has 1 aliphatic heterocycles. The molecule has 1 N–H and O–H groups in total. The highest BCUT2D eigenvalue weighted by atomic mass is 16.3. The van der Waals surface area contributed by atoms with Crippen LogP contribution in [0.2, 0.25) is 0 Å². The van der Waals surface area contributed by atoms with Crippen molar-refractivity contribution >= 4 is 0 Å². The molecule has 2 atom stereocenters. The van der Waals surface area contributed by atoms with Gasteiger partial charge >= 0.3 is 0 Å². The third-order valence-electron chi connectivity index (χ3n) is 6.94. The number of rotatable bonds is 3. The van der Waals surface area contributed by atoms with Crippen molar-refractivity contribution in [1.29, 1.82) is 0 Å². The van der Waals surface area contributed by atoms with E-state index in [9.17, 15) is 5.11 Å². The third kappa shape index (κ3) is 3.00. The maximum Gasteiger partial charge on any atom is 0.0946 e. The number of hydrogen-bond acceptors (Lipinski definition) is 2. The Kier molecular flexibility index (Phi) is 4.90. The number of likely N-dealkylation sites (tertiary alicyclic amines) is 1. The molecule has 2 aliphatic rings. The summed E-state index contributed by atoms with van der Waals surface area (Å²) in [5.74, 6) is 0.223. The van der Waals surface area contributed by atoms with Gasteiger partial charge in [0.2, 0.25) is 0 Å². The van der Waals surface area contributed by atoms with Crippen molar-refractivity contribution in [3.05, 3.63) is 71.8 Å². The summed E-state index contributed by atoms with van der Waals surface area (Å²) >= 11 is 0. The molecule has 2 aromatic carbocycles. The molecule has 2 heteroatoms. The van der Waals surface area contributed by atoms with Crippen molar-refractivity contribution in [2.45, 2.75) is 56.6 Å².